The summed E-state index contributed by atoms with van der Waals surface area (Å²) < 4.78 is 28.9. The number of imidazole rings is 1. The molecule has 0 aromatic carbocycles. The number of aryl methyl sites for hydroxylation is 2. The third kappa shape index (κ3) is 2.17. The van der Waals surface area contributed by atoms with E-state index in [2.05, 4.69) is 9.71 Å². The van der Waals surface area contributed by atoms with E-state index < -0.39 is 10.0 Å². The summed E-state index contributed by atoms with van der Waals surface area (Å²) in [6.45, 7) is 0.867. The van der Waals surface area contributed by atoms with Crippen LogP contribution in [0.25, 0.3) is 0 Å². The second-order valence-electron chi connectivity index (χ2n) is 5.20. The Morgan fingerprint density at radius 1 is 1.39 bits per heavy atom. The summed E-state index contributed by atoms with van der Waals surface area (Å²) in [6, 6.07) is 0.108. The number of hydrogen-bond acceptors (Lipinski definition) is 4. The summed E-state index contributed by atoms with van der Waals surface area (Å²) in [7, 11) is -3.48. The Balaban J connectivity index is 1.78. The molecule has 0 atom stereocenters. The van der Waals surface area contributed by atoms with Crippen LogP contribution in [0.4, 0.5) is 0 Å². The van der Waals surface area contributed by atoms with Crippen LogP contribution in [0.2, 0.25) is 0 Å². The summed E-state index contributed by atoms with van der Waals surface area (Å²) in [5, 5.41) is 0.153. The van der Waals surface area contributed by atoms with Gasteiger partial charge in [-0.2, -0.15) is 0 Å². The molecule has 100 valence electrons. The molecule has 0 amide bonds. The van der Waals surface area contributed by atoms with E-state index in [1.54, 1.807) is 6.20 Å². The fourth-order valence-electron chi connectivity index (χ4n) is 2.55. The molecule has 0 saturated heterocycles. The monoisotopic (exact) mass is 270 g/mol. The van der Waals surface area contributed by atoms with Gasteiger partial charge in [-0.15, -0.1) is 0 Å². The fourth-order valence-corrected chi connectivity index (χ4v) is 3.80. The SMILES string of the molecule is NC1CC(NS(=O)(=O)c2cn3c(n2)CCCC3)C1. The summed E-state index contributed by atoms with van der Waals surface area (Å²) in [4.78, 5) is 4.23. The maximum absolute atomic E-state index is 12.1. The lowest BCUT2D eigenvalue weighted by molar-refractivity contribution is 0.327. The van der Waals surface area contributed by atoms with Gasteiger partial charge in [-0.3, -0.25) is 0 Å². The Labute approximate surface area is 107 Å². The first kappa shape index (κ1) is 12.1. The molecule has 1 aromatic heterocycles. The van der Waals surface area contributed by atoms with E-state index in [0.29, 0.717) is 12.8 Å². The van der Waals surface area contributed by atoms with E-state index >= 15 is 0 Å². The summed E-state index contributed by atoms with van der Waals surface area (Å²) in [6.07, 6.45) is 6.12. The number of aromatic nitrogens is 2. The minimum absolute atomic E-state index is 0.0243. The minimum atomic E-state index is -3.48. The van der Waals surface area contributed by atoms with Crippen LogP contribution in [0, 0.1) is 0 Å². The number of nitrogens with one attached hydrogen (secondary N) is 1. The van der Waals surface area contributed by atoms with Gasteiger partial charge in [0.2, 0.25) is 0 Å². The van der Waals surface area contributed by atoms with Crippen molar-refractivity contribution in [2.24, 2.45) is 5.73 Å². The van der Waals surface area contributed by atoms with Crippen molar-refractivity contribution in [2.75, 3.05) is 0 Å². The molecule has 0 radical (unpaired) electrons. The zero-order chi connectivity index (χ0) is 12.8. The van der Waals surface area contributed by atoms with Crippen molar-refractivity contribution in [1.29, 1.82) is 0 Å². The first-order chi connectivity index (χ1) is 8.54. The van der Waals surface area contributed by atoms with E-state index in [1.807, 2.05) is 4.57 Å². The quantitative estimate of drug-likeness (QED) is 0.808. The van der Waals surface area contributed by atoms with Crippen molar-refractivity contribution in [1.82, 2.24) is 14.3 Å². The molecule has 18 heavy (non-hydrogen) atoms. The molecule has 6 nitrogen and oxygen atoms in total. The Morgan fingerprint density at radius 3 is 2.83 bits per heavy atom. The van der Waals surface area contributed by atoms with Gasteiger partial charge in [0, 0.05) is 31.2 Å². The van der Waals surface area contributed by atoms with Crippen LogP contribution < -0.4 is 10.5 Å². The lowest BCUT2D eigenvalue weighted by Gasteiger charge is -2.32. The molecule has 2 heterocycles. The van der Waals surface area contributed by atoms with Gasteiger partial charge >= 0.3 is 0 Å². The van der Waals surface area contributed by atoms with Crippen molar-refractivity contribution >= 4 is 10.0 Å². The van der Waals surface area contributed by atoms with Gasteiger partial charge in [0.25, 0.3) is 10.0 Å². The minimum Gasteiger partial charge on any atom is -0.333 e. The van der Waals surface area contributed by atoms with Crippen LogP contribution in [-0.2, 0) is 23.0 Å². The van der Waals surface area contributed by atoms with Crippen molar-refractivity contribution in [2.45, 2.75) is 55.8 Å². The van der Waals surface area contributed by atoms with Crippen LogP contribution in [0.1, 0.15) is 31.5 Å². The molecule has 1 fully saturated rings. The standard InChI is InChI=1S/C11H18N4O2S/c12-8-5-9(6-8)14-18(16,17)11-7-15-4-2-1-3-10(15)13-11/h7-9,14H,1-6,12H2. The lowest BCUT2D eigenvalue weighted by Crippen LogP contribution is -2.50. The van der Waals surface area contributed by atoms with E-state index in [9.17, 15) is 8.42 Å². The molecular formula is C11H18N4O2S. The lowest BCUT2D eigenvalue weighted by atomic mass is 9.89. The highest BCUT2D eigenvalue weighted by atomic mass is 32.2. The molecule has 2 aliphatic rings. The maximum Gasteiger partial charge on any atom is 0.259 e. The molecular weight excluding hydrogens is 252 g/mol. The van der Waals surface area contributed by atoms with Crippen LogP contribution in [0.5, 0.6) is 0 Å². The maximum atomic E-state index is 12.1. The molecule has 0 spiro atoms. The molecule has 1 aromatic rings. The van der Waals surface area contributed by atoms with Crippen molar-refractivity contribution in [3.8, 4) is 0 Å². The zero-order valence-corrected chi connectivity index (χ0v) is 11.0. The van der Waals surface area contributed by atoms with Crippen LogP contribution in [0.3, 0.4) is 0 Å². The van der Waals surface area contributed by atoms with E-state index in [1.165, 1.54) is 0 Å². The Hall–Kier alpha value is -0.920. The molecule has 0 bridgehead atoms. The zero-order valence-electron chi connectivity index (χ0n) is 10.2. The first-order valence-corrected chi connectivity index (χ1v) is 7.87. The molecule has 1 aliphatic carbocycles. The smallest absolute Gasteiger partial charge is 0.259 e. The predicted molar refractivity (Wildman–Crippen MR) is 66.5 cm³/mol. The van der Waals surface area contributed by atoms with E-state index in [0.717, 1.165) is 31.6 Å². The largest absolute Gasteiger partial charge is 0.333 e. The number of nitrogens with zero attached hydrogens (tertiary/aromatic N) is 2. The van der Waals surface area contributed by atoms with Crippen molar-refractivity contribution in [3.05, 3.63) is 12.0 Å². The van der Waals surface area contributed by atoms with Gasteiger partial charge in [-0.1, -0.05) is 0 Å². The second-order valence-corrected chi connectivity index (χ2v) is 6.86. The van der Waals surface area contributed by atoms with Gasteiger partial charge in [0.05, 0.1) is 0 Å². The molecule has 1 saturated carbocycles. The van der Waals surface area contributed by atoms with Crippen LogP contribution in [-0.4, -0.2) is 30.1 Å². The first-order valence-electron chi connectivity index (χ1n) is 6.38. The normalized spacial score (nSPS) is 27.6. The third-order valence-electron chi connectivity index (χ3n) is 3.66. The Morgan fingerprint density at radius 2 is 2.17 bits per heavy atom. The van der Waals surface area contributed by atoms with Gasteiger partial charge < -0.3 is 10.3 Å². The van der Waals surface area contributed by atoms with Crippen LogP contribution in [0.15, 0.2) is 11.2 Å². The highest BCUT2D eigenvalue weighted by Crippen LogP contribution is 2.21. The van der Waals surface area contributed by atoms with Crippen molar-refractivity contribution in [3.63, 3.8) is 0 Å². The van der Waals surface area contributed by atoms with E-state index in [4.69, 9.17) is 5.73 Å². The number of rotatable bonds is 3. The molecule has 3 N–H and O–H groups in total. The predicted octanol–water partition coefficient (Wildman–Crippen LogP) is -0.0126. The van der Waals surface area contributed by atoms with Gasteiger partial charge in [-0.05, 0) is 25.7 Å². The highest BCUT2D eigenvalue weighted by Gasteiger charge is 2.31. The molecule has 0 unspecified atom stereocenters. The Kier molecular flexibility index (Phi) is 2.91. The van der Waals surface area contributed by atoms with Gasteiger partial charge in [0.1, 0.15) is 5.82 Å². The highest BCUT2D eigenvalue weighted by molar-refractivity contribution is 7.89. The Bertz CT molecular complexity index is 522. The van der Waals surface area contributed by atoms with Gasteiger partial charge in [-0.25, -0.2) is 18.1 Å². The average Bonchev–Trinajstić information content (AvgIpc) is 2.71. The molecule has 7 heteroatoms. The second kappa shape index (κ2) is 4.32. The van der Waals surface area contributed by atoms with Crippen LogP contribution >= 0.6 is 0 Å². The average molecular weight is 270 g/mol. The van der Waals surface area contributed by atoms with Gasteiger partial charge in [0.15, 0.2) is 5.03 Å². The van der Waals surface area contributed by atoms with Crippen molar-refractivity contribution < 1.29 is 8.42 Å². The fraction of sp³-hybridized carbons (Fsp3) is 0.727. The molecule has 1 aliphatic heterocycles. The number of fused-ring (bicyclic) bond motifs is 1. The number of nitrogens with two attached hydrogens (primary N) is 1. The molecule has 3 rings (SSSR count). The summed E-state index contributed by atoms with van der Waals surface area (Å²) in [5.74, 6) is 0.881. The summed E-state index contributed by atoms with van der Waals surface area (Å²) in [5.41, 5.74) is 5.65. The number of hydrogen-bond donors (Lipinski definition) is 2. The number of sulfonamides is 1. The summed E-state index contributed by atoms with van der Waals surface area (Å²) >= 11 is 0. The topological polar surface area (TPSA) is 90.0 Å². The third-order valence-corrected chi connectivity index (χ3v) is 5.05. The van der Waals surface area contributed by atoms with E-state index in [-0.39, 0.29) is 17.1 Å².